The molecule has 2 aliphatic rings. The lowest BCUT2D eigenvalue weighted by molar-refractivity contribution is -0.140. The molecule has 0 spiro atoms. The van der Waals surface area contributed by atoms with E-state index in [2.05, 4.69) is 4.74 Å². The standard InChI is InChI=1S/C20H22O4/c1-24-19(22)10-8-13-7-9-15-17(11-13)16(12-18(21)20(15)23)14-5-3-2-4-6-14/h7,9,11-12,14H,2-6,8,10H2,1H3. The highest BCUT2D eigenvalue weighted by Crippen LogP contribution is 2.39. The molecule has 126 valence electrons. The Morgan fingerprint density at radius 3 is 2.58 bits per heavy atom. The highest BCUT2D eigenvalue weighted by atomic mass is 16.5. The van der Waals surface area contributed by atoms with Crippen LogP contribution in [0.25, 0.3) is 5.57 Å². The maximum Gasteiger partial charge on any atom is 0.305 e. The maximum atomic E-state index is 12.2. The third-order valence-corrected chi connectivity index (χ3v) is 5.04. The van der Waals surface area contributed by atoms with Gasteiger partial charge in [0.2, 0.25) is 11.6 Å². The van der Waals surface area contributed by atoms with E-state index < -0.39 is 11.6 Å². The second-order valence-corrected chi connectivity index (χ2v) is 6.58. The molecule has 1 aromatic rings. The number of benzene rings is 1. The molecule has 4 nitrogen and oxygen atoms in total. The molecule has 0 atom stereocenters. The molecule has 24 heavy (non-hydrogen) atoms. The Morgan fingerprint density at radius 2 is 1.88 bits per heavy atom. The molecule has 3 rings (SSSR count). The Kier molecular flexibility index (Phi) is 4.93. The Morgan fingerprint density at radius 1 is 1.12 bits per heavy atom. The first-order chi connectivity index (χ1) is 11.6. The minimum Gasteiger partial charge on any atom is -0.469 e. The van der Waals surface area contributed by atoms with Gasteiger partial charge in [-0.1, -0.05) is 37.5 Å². The van der Waals surface area contributed by atoms with Crippen molar-refractivity contribution in [2.45, 2.75) is 44.9 Å². The minimum absolute atomic E-state index is 0.248. The van der Waals surface area contributed by atoms with Gasteiger partial charge in [0, 0.05) is 12.0 Å². The summed E-state index contributed by atoms with van der Waals surface area (Å²) in [6.45, 7) is 0. The van der Waals surface area contributed by atoms with Crippen molar-refractivity contribution in [3.05, 3.63) is 41.0 Å². The third kappa shape index (κ3) is 3.32. The van der Waals surface area contributed by atoms with Crippen LogP contribution in [0.15, 0.2) is 24.3 Å². The summed E-state index contributed by atoms with van der Waals surface area (Å²) in [6.07, 6.45) is 8.14. The van der Waals surface area contributed by atoms with Crippen molar-refractivity contribution in [3.63, 3.8) is 0 Å². The summed E-state index contributed by atoms with van der Waals surface area (Å²) in [5.41, 5.74) is 3.39. The van der Waals surface area contributed by atoms with E-state index in [1.54, 1.807) is 12.1 Å². The van der Waals surface area contributed by atoms with E-state index >= 15 is 0 Å². The Hall–Kier alpha value is -2.23. The summed E-state index contributed by atoms with van der Waals surface area (Å²) in [7, 11) is 1.38. The topological polar surface area (TPSA) is 60.4 Å². The van der Waals surface area contributed by atoms with Crippen LogP contribution < -0.4 is 0 Å². The number of rotatable bonds is 4. The number of ketones is 2. The lowest BCUT2D eigenvalue weighted by atomic mass is 9.76. The first-order valence-electron chi connectivity index (χ1n) is 8.60. The van der Waals surface area contributed by atoms with Gasteiger partial charge in [-0.25, -0.2) is 0 Å². The molecule has 1 saturated carbocycles. The van der Waals surface area contributed by atoms with Gasteiger partial charge in [-0.3, -0.25) is 14.4 Å². The number of ether oxygens (including phenoxy) is 1. The predicted molar refractivity (Wildman–Crippen MR) is 90.7 cm³/mol. The van der Waals surface area contributed by atoms with Gasteiger partial charge in [0.05, 0.1) is 7.11 Å². The van der Waals surface area contributed by atoms with Crippen LogP contribution in [-0.4, -0.2) is 24.6 Å². The van der Waals surface area contributed by atoms with Crippen LogP contribution in [0.4, 0.5) is 0 Å². The monoisotopic (exact) mass is 326 g/mol. The molecule has 0 unspecified atom stereocenters. The van der Waals surface area contributed by atoms with E-state index in [1.165, 1.54) is 26.4 Å². The number of fused-ring (bicyclic) bond motifs is 1. The molecule has 0 radical (unpaired) electrons. The number of allylic oxidation sites excluding steroid dienone is 2. The second-order valence-electron chi connectivity index (χ2n) is 6.58. The summed E-state index contributed by atoms with van der Waals surface area (Å²) in [6, 6.07) is 5.54. The van der Waals surface area contributed by atoms with E-state index in [1.807, 2.05) is 12.1 Å². The quantitative estimate of drug-likeness (QED) is 0.627. The van der Waals surface area contributed by atoms with Gasteiger partial charge >= 0.3 is 5.97 Å². The lowest BCUT2D eigenvalue weighted by Gasteiger charge is -2.28. The van der Waals surface area contributed by atoms with Gasteiger partial charge in [-0.05, 0) is 48.0 Å². The molecular formula is C20H22O4. The Bertz CT molecular complexity index is 708. The normalized spacial score (nSPS) is 18.1. The first kappa shape index (κ1) is 16.6. The van der Waals surface area contributed by atoms with Crippen molar-refractivity contribution in [1.82, 2.24) is 0 Å². The van der Waals surface area contributed by atoms with Crippen molar-refractivity contribution in [2.24, 2.45) is 5.92 Å². The fourth-order valence-corrected chi connectivity index (χ4v) is 3.70. The molecule has 0 bridgehead atoms. The van der Waals surface area contributed by atoms with Crippen molar-refractivity contribution in [2.75, 3.05) is 7.11 Å². The Labute approximate surface area is 141 Å². The molecule has 0 N–H and O–H groups in total. The summed E-state index contributed by atoms with van der Waals surface area (Å²) in [4.78, 5) is 35.6. The van der Waals surface area contributed by atoms with Crippen LogP contribution in [0.5, 0.6) is 0 Å². The number of carbonyl (C=O) groups is 3. The van der Waals surface area contributed by atoms with Crippen molar-refractivity contribution >= 4 is 23.1 Å². The SMILES string of the molecule is COC(=O)CCc1ccc2c(c1)C(C1CCCCC1)=CC(=O)C2=O. The zero-order valence-corrected chi connectivity index (χ0v) is 14.0. The van der Waals surface area contributed by atoms with Gasteiger partial charge in [-0.15, -0.1) is 0 Å². The van der Waals surface area contributed by atoms with Gasteiger partial charge in [0.1, 0.15) is 0 Å². The largest absolute Gasteiger partial charge is 0.469 e. The van der Waals surface area contributed by atoms with E-state index in [9.17, 15) is 14.4 Å². The number of hydrogen-bond donors (Lipinski definition) is 0. The average molecular weight is 326 g/mol. The van der Waals surface area contributed by atoms with Crippen molar-refractivity contribution in [1.29, 1.82) is 0 Å². The van der Waals surface area contributed by atoms with Crippen LogP contribution in [0.2, 0.25) is 0 Å². The van der Waals surface area contributed by atoms with Gasteiger partial charge in [0.15, 0.2) is 0 Å². The summed E-state index contributed by atoms with van der Waals surface area (Å²) in [5.74, 6) is -0.734. The number of carbonyl (C=O) groups excluding carboxylic acids is 3. The molecule has 0 saturated heterocycles. The highest BCUT2D eigenvalue weighted by Gasteiger charge is 2.30. The van der Waals surface area contributed by atoms with Crippen LogP contribution in [-0.2, 0) is 20.7 Å². The number of aryl methyl sites for hydroxylation is 1. The Balaban J connectivity index is 1.92. The number of Topliss-reactive ketones (excluding diaryl/α,β-unsaturated/α-hetero) is 1. The van der Waals surface area contributed by atoms with E-state index in [0.29, 0.717) is 24.3 Å². The number of methoxy groups -OCH3 is 1. The summed E-state index contributed by atoms with van der Waals surface area (Å²) in [5, 5.41) is 0. The second kappa shape index (κ2) is 7.12. The van der Waals surface area contributed by atoms with Crippen LogP contribution in [0, 0.1) is 5.92 Å². The molecule has 0 heterocycles. The molecule has 1 aromatic carbocycles. The smallest absolute Gasteiger partial charge is 0.305 e. The molecule has 0 amide bonds. The predicted octanol–water partition coefficient (Wildman–Crippen LogP) is 3.52. The van der Waals surface area contributed by atoms with E-state index in [-0.39, 0.29) is 5.97 Å². The molecular weight excluding hydrogens is 304 g/mol. The molecule has 0 aromatic heterocycles. The van der Waals surface area contributed by atoms with Gasteiger partial charge in [0.25, 0.3) is 0 Å². The average Bonchev–Trinajstić information content (AvgIpc) is 2.63. The fraction of sp³-hybridized carbons (Fsp3) is 0.450. The zero-order valence-electron chi connectivity index (χ0n) is 14.0. The lowest BCUT2D eigenvalue weighted by Crippen LogP contribution is -2.22. The van der Waals surface area contributed by atoms with Crippen LogP contribution in [0.1, 0.15) is 60.0 Å². The minimum atomic E-state index is -0.427. The summed E-state index contributed by atoms with van der Waals surface area (Å²) >= 11 is 0. The van der Waals surface area contributed by atoms with Crippen molar-refractivity contribution in [3.8, 4) is 0 Å². The molecule has 1 fully saturated rings. The van der Waals surface area contributed by atoms with Crippen molar-refractivity contribution < 1.29 is 19.1 Å². The molecule has 0 aliphatic heterocycles. The summed E-state index contributed by atoms with van der Waals surface area (Å²) < 4.78 is 4.68. The number of esters is 1. The first-order valence-corrected chi connectivity index (χ1v) is 8.60. The van der Waals surface area contributed by atoms with E-state index in [0.717, 1.165) is 29.5 Å². The zero-order chi connectivity index (χ0) is 17.1. The highest BCUT2D eigenvalue weighted by molar-refractivity contribution is 6.50. The molecule has 4 heteroatoms. The third-order valence-electron chi connectivity index (χ3n) is 5.04. The molecule has 2 aliphatic carbocycles. The van der Waals surface area contributed by atoms with Gasteiger partial charge < -0.3 is 4.74 Å². The van der Waals surface area contributed by atoms with Crippen LogP contribution >= 0.6 is 0 Å². The fourth-order valence-electron chi connectivity index (χ4n) is 3.70. The van der Waals surface area contributed by atoms with Crippen LogP contribution in [0.3, 0.4) is 0 Å². The maximum absolute atomic E-state index is 12.2. The van der Waals surface area contributed by atoms with E-state index in [4.69, 9.17) is 0 Å². The van der Waals surface area contributed by atoms with Gasteiger partial charge in [-0.2, -0.15) is 0 Å². The number of hydrogen-bond acceptors (Lipinski definition) is 4.